The van der Waals surface area contributed by atoms with Gasteiger partial charge in [0, 0.05) is 30.4 Å². The number of hydrogen-bond acceptors (Lipinski definition) is 6. The summed E-state index contributed by atoms with van der Waals surface area (Å²) in [5.41, 5.74) is 1.77. The maximum atomic E-state index is 6.17. The molecule has 1 heterocycles. The van der Waals surface area contributed by atoms with Crippen molar-refractivity contribution in [1.82, 2.24) is 9.97 Å². The first-order chi connectivity index (χ1) is 13.2. The third kappa shape index (κ3) is 4.23. The van der Waals surface area contributed by atoms with Crippen LogP contribution in [-0.4, -0.2) is 30.7 Å². The Balaban J connectivity index is 1.93. The van der Waals surface area contributed by atoms with Crippen molar-refractivity contribution >= 4 is 34.6 Å². The minimum absolute atomic E-state index is 0.476. The third-order valence-corrected chi connectivity index (χ3v) is 4.35. The average molecular weight is 385 g/mol. The summed E-state index contributed by atoms with van der Waals surface area (Å²) in [5, 5.41) is 3.73. The summed E-state index contributed by atoms with van der Waals surface area (Å²) in [4.78, 5) is 10.8. The topological polar surface area (TPSA) is 59.5 Å². The van der Waals surface area contributed by atoms with Gasteiger partial charge < -0.3 is 19.7 Å². The number of nitrogens with zero attached hydrogens (tertiary/aromatic N) is 3. The van der Waals surface area contributed by atoms with Gasteiger partial charge in [-0.2, -0.15) is 0 Å². The predicted molar refractivity (Wildman–Crippen MR) is 109 cm³/mol. The standard InChI is InChI=1S/C20H21ClN4O2/c1-4-25(14-8-6-5-7-9-14)20-12-19(22-13-23-20)24-16-11-17(26-2)15(21)10-18(16)27-3/h5-13H,4H2,1-3H3,(H,22,23,24). The molecule has 0 fully saturated rings. The maximum Gasteiger partial charge on any atom is 0.144 e. The first-order valence-corrected chi connectivity index (χ1v) is 8.87. The molecule has 0 unspecified atom stereocenters. The molecule has 0 saturated heterocycles. The average Bonchev–Trinajstić information content (AvgIpc) is 2.70. The Morgan fingerprint density at radius 1 is 1.00 bits per heavy atom. The number of nitrogens with one attached hydrogen (secondary N) is 1. The van der Waals surface area contributed by atoms with Crippen molar-refractivity contribution in [2.24, 2.45) is 0 Å². The lowest BCUT2D eigenvalue weighted by Crippen LogP contribution is -2.17. The number of ether oxygens (including phenoxy) is 2. The Hall–Kier alpha value is -2.99. The smallest absolute Gasteiger partial charge is 0.144 e. The summed E-state index contributed by atoms with van der Waals surface area (Å²) in [6, 6.07) is 15.5. The number of hydrogen-bond donors (Lipinski definition) is 1. The number of aromatic nitrogens is 2. The molecular weight excluding hydrogens is 364 g/mol. The molecule has 0 radical (unpaired) electrons. The molecule has 27 heavy (non-hydrogen) atoms. The van der Waals surface area contributed by atoms with E-state index in [-0.39, 0.29) is 0 Å². The van der Waals surface area contributed by atoms with Gasteiger partial charge in [-0.15, -0.1) is 0 Å². The van der Waals surface area contributed by atoms with E-state index in [4.69, 9.17) is 21.1 Å². The van der Waals surface area contributed by atoms with Gasteiger partial charge >= 0.3 is 0 Å². The highest BCUT2D eigenvalue weighted by atomic mass is 35.5. The van der Waals surface area contributed by atoms with Crippen molar-refractivity contribution < 1.29 is 9.47 Å². The summed E-state index contributed by atoms with van der Waals surface area (Å²) in [6.07, 6.45) is 1.53. The van der Waals surface area contributed by atoms with Gasteiger partial charge in [-0.3, -0.25) is 0 Å². The summed E-state index contributed by atoms with van der Waals surface area (Å²) in [6.45, 7) is 2.86. The molecule has 0 aliphatic rings. The first kappa shape index (κ1) is 18.8. The predicted octanol–water partition coefficient (Wildman–Crippen LogP) is 5.05. The van der Waals surface area contributed by atoms with Gasteiger partial charge in [-0.1, -0.05) is 29.8 Å². The zero-order valence-corrected chi connectivity index (χ0v) is 16.2. The zero-order chi connectivity index (χ0) is 19.2. The van der Waals surface area contributed by atoms with E-state index in [0.717, 1.165) is 18.1 Å². The van der Waals surface area contributed by atoms with E-state index >= 15 is 0 Å². The van der Waals surface area contributed by atoms with E-state index < -0.39 is 0 Å². The zero-order valence-electron chi connectivity index (χ0n) is 15.4. The lowest BCUT2D eigenvalue weighted by molar-refractivity contribution is 0.405. The highest BCUT2D eigenvalue weighted by Gasteiger charge is 2.13. The van der Waals surface area contributed by atoms with Crippen molar-refractivity contribution in [1.29, 1.82) is 0 Å². The molecule has 6 nitrogen and oxygen atoms in total. The highest BCUT2D eigenvalue weighted by molar-refractivity contribution is 6.32. The van der Waals surface area contributed by atoms with Crippen LogP contribution < -0.4 is 19.7 Å². The Morgan fingerprint density at radius 3 is 2.41 bits per heavy atom. The lowest BCUT2D eigenvalue weighted by atomic mass is 10.2. The number of rotatable bonds is 7. The third-order valence-electron chi connectivity index (χ3n) is 4.05. The molecule has 140 valence electrons. The molecule has 0 aliphatic carbocycles. The fourth-order valence-electron chi connectivity index (χ4n) is 2.74. The van der Waals surface area contributed by atoms with Crippen molar-refractivity contribution in [3.8, 4) is 11.5 Å². The van der Waals surface area contributed by atoms with Crippen LogP contribution in [0.2, 0.25) is 5.02 Å². The number of benzene rings is 2. The Morgan fingerprint density at radius 2 is 1.74 bits per heavy atom. The van der Waals surface area contributed by atoms with Crippen molar-refractivity contribution in [3.63, 3.8) is 0 Å². The second kappa shape index (κ2) is 8.60. The van der Waals surface area contributed by atoms with Gasteiger partial charge in [0.2, 0.25) is 0 Å². The highest BCUT2D eigenvalue weighted by Crippen LogP contribution is 2.37. The Bertz CT molecular complexity index is 906. The molecule has 3 rings (SSSR count). The monoisotopic (exact) mass is 384 g/mol. The van der Waals surface area contributed by atoms with Crippen LogP contribution in [0.15, 0.2) is 54.9 Å². The van der Waals surface area contributed by atoms with E-state index in [9.17, 15) is 0 Å². The second-order valence-electron chi connectivity index (χ2n) is 5.65. The fraction of sp³-hybridized carbons (Fsp3) is 0.200. The maximum absolute atomic E-state index is 6.17. The molecule has 7 heteroatoms. The number of halogens is 1. The van der Waals surface area contributed by atoms with Crippen LogP contribution in [0.5, 0.6) is 11.5 Å². The molecule has 0 atom stereocenters. The number of anilines is 4. The molecule has 1 aromatic heterocycles. The molecule has 3 aromatic rings. The molecule has 2 aromatic carbocycles. The van der Waals surface area contributed by atoms with Crippen LogP contribution in [0.4, 0.5) is 23.0 Å². The molecule has 0 aliphatic heterocycles. The van der Waals surface area contributed by atoms with Gasteiger partial charge in [0.1, 0.15) is 29.5 Å². The van der Waals surface area contributed by atoms with Crippen molar-refractivity contribution in [2.75, 3.05) is 31.0 Å². The van der Waals surface area contributed by atoms with Gasteiger partial charge in [0.05, 0.1) is 24.9 Å². The minimum atomic E-state index is 0.476. The molecule has 0 bridgehead atoms. The van der Waals surface area contributed by atoms with E-state index in [2.05, 4.69) is 27.1 Å². The first-order valence-electron chi connectivity index (χ1n) is 8.49. The van der Waals surface area contributed by atoms with E-state index in [1.165, 1.54) is 6.33 Å². The largest absolute Gasteiger partial charge is 0.495 e. The van der Waals surface area contributed by atoms with Crippen LogP contribution in [0.25, 0.3) is 0 Å². The van der Waals surface area contributed by atoms with Crippen LogP contribution in [0.3, 0.4) is 0 Å². The van der Waals surface area contributed by atoms with Gasteiger partial charge in [0.15, 0.2) is 0 Å². The summed E-state index contributed by atoms with van der Waals surface area (Å²) in [5.74, 6) is 2.57. The number of methoxy groups -OCH3 is 2. The van der Waals surface area contributed by atoms with Crippen LogP contribution >= 0.6 is 11.6 Å². The lowest BCUT2D eigenvalue weighted by Gasteiger charge is -2.22. The summed E-state index contributed by atoms with van der Waals surface area (Å²) < 4.78 is 10.7. The van der Waals surface area contributed by atoms with E-state index in [0.29, 0.717) is 28.0 Å². The van der Waals surface area contributed by atoms with E-state index in [1.807, 2.05) is 36.4 Å². The SMILES string of the molecule is CCN(c1ccccc1)c1cc(Nc2cc(OC)c(Cl)cc2OC)ncn1. The molecule has 0 amide bonds. The molecule has 0 spiro atoms. The number of para-hydroxylation sites is 1. The summed E-state index contributed by atoms with van der Waals surface area (Å²) >= 11 is 6.17. The molecular formula is C20H21ClN4O2. The van der Waals surface area contributed by atoms with Crippen molar-refractivity contribution in [3.05, 3.63) is 59.9 Å². The minimum Gasteiger partial charge on any atom is -0.495 e. The van der Waals surface area contributed by atoms with Gasteiger partial charge in [-0.25, -0.2) is 9.97 Å². The van der Waals surface area contributed by atoms with Crippen LogP contribution in [0.1, 0.15) is 6.92 Å². The van der Waals surface area contributed by atoms with Crippen molar-refractivity contribution in [2.45, 2.75) is 6.92 Å². The Kier molecular flexibility index (Phi) is 5.98. The van der Waals surface area contributed by atoms with Gasteiger partial charge in [0.25, 0.3) is 0 Å². The van der Waals surface area contributed by atoms with Crippen LogP contribution in [-0.2, 0) is 0 Å². The second-order valence-corrected chi connectivity index (χ2v) is 6.06. The van der Waals surface area contributed by atoms with E-state index in [1.54, 1.807) is 26.4 Å². The quantitative estimate of drug-likeness (QED) is 0.615. The fourth-order valence-corrected chi connectivity index (χ4v) is 2.97. The molecule has 0 saturated carbocycles. The van der Waals surface area contributed by atoms with Gasteiger partial charge in [-0.05, 0) is 19.1 Å². The van der Waals surface area contributed by atoms with Crippen LogP contribution in [0, 0.1) is 0 Å². The normalized spacial score (nSPS) is 10.4. The summed E-state index contributed by atoms with van der Waals surface area (Å²) in [7, 11) is 3.15. The molecule has 1 N–H and O–H groups in total. The Labute approximate surface area is 163 Å².